The van der Waals surface area contributed by atoms with Crippen LogP contribution in [0.25, 0.3) is 0 Å². The van der Waals surface area contributed by atoms with Crippen LogP contribution in [-0.4, -0.2) is 24.1 Å². The molecule has 1 unspecified atom stereocenters. The average Bonchev–Trinajstić information content (AvgIpc) is 3.34. The van der Waals surface area contributed by atoms with E-state index in [9.17, 15) is 9.90 Å². The van der Waals surface area contributed by atoms with E-state index in [0.717, 1.165) is 30.6 Å². The van der Waals surface area contributed by atoms with E-state index in [4.69, 9.17) is 11.6 Å². The fourth-order valence-corrected chi connectivity index (χ4v) is 3.28. The van der Waals surface area contributed by atoms with Crippen molar-refractivity contribution in [1.82, 2.24) is 0 Å². The molecule has 2 saturated carbocycles. The van der Waals surface area contributed by atoms with Gasteiger partial charge in [0.25, 0.3) is 5.91 Å². The molecule has 1 atom stereocenters. The van der Waals surface area contributed by atoms with Gasteiger partial charge >= 0.3 is 0 Å². The van der Waals surface area contributed by atoms with Crippen LogP contribution in [0.3, 0.4) is 0 Å². The summed E-state index contributed by atoms with van der Waals surface area (Å²) in [7, 11) is 0. The second-order valence-corrected chi connectivity index (χ2v) is 6.98. The van der Waals surface area contributed by atoms with E-state index in [-0.39, 0.29) is 5.91 Å². The highest BCUT2D eigenvalue weighted by atomic mass is 35.5. The van der Waals surface area contributed by atoms with E-state index in [1.54, 1.807) is 6.07 Å². The van der Waals surface area contributed by atoms with Crippen LogP contribution in [0.15, 0.2) is 12.1 Å². The number of fused-ring (bicyclic) bond motifs is 1. The molecule has 4 nitrogen and oxygen atoms in total. The van der Waals surface area contributed by atoms with Crippen LogP contribution in [0.4, 0.5) is 11.4 Å². The normalized spacial score (nSPS) is 23.9. The lowest BCUT2D eigenvalue weighted by Gasteiger charge is -2.26. The summed E-state index contributed by atoms with van der Waals surface area (Å²) in [6, 6.07) is 3.66. The van der Waals surface area contributed by atoms with Crippen LogP contribution in [0, 0.1) is 11.8 Å². The topological polar surface area (TPSA) is 52.6 Å². The third kappa shape index (κ3) is 2.62. The lowest BCUT2D eigenvalue weighted by atomic mass is 10.1. The molecule has 1 aliphatic heterocycles. The Balaban J connectivity index is 1.65. The van der Waals surface area contributed by atoms with Crippen molar-refractivity contribution in [3.05, 3.63) is 22.7 Å². The van der Waals surface area contributed by atoms with Crippen molar-refractivity contribution in [1.29, 1.82) is 0 Å². The van der Waals surface area contributed by atoms with Crippen molar-refractivity contribution in [3.63, 3.8) is 0 Å². The Morgan fingerprint density at radius 2 is 1.81 bits per heavy atom. The Hall–Kier alpha value is -1.26. The SMILES string of the molecule is O=C1Nc2cc(N(CC3CC3)CC3CC3)c(Cl)cc2C1O. The third-order valence-electron chi connectivity index (χ3n) is 4.61. The van der Waals surface area contributed by atoms with Crippen molar-refractivity contribution < 1.29 is 9.90 Å². The first-order chi connectivity index (χ1) is 10.1. The molecule has 0 saturated heterocycles. The molecule has 1 aromatic rings. The highest BCUT2D eigenvalue weighted by Crippen LogP contribution is 2.42. The van der Waals surface area contributed by atoms with Crippen LogP contribution in [-0.2, 0) is 4.79 Å². The van der Waals surface area contributed by atoms with Crippen LogP contribution in [0.1, 0.15) is 37.4 Å². The predicted octanol–water partition coefficient (Wildman–Crippen LogP) is 2.95. The Kier molecular flexibility index (Phi) is 3.12. The number of rotatable bonds is 5. The molecule has 4 rings (SSSR count). The molecule has 1 heterocycles. The standard InChI is InChI=1S/C16H19ClN2O2/c17-12-5-11-13(18-16(21)15(11)20)6-14(12)19(7-9-1-2-9)8-10-3-4-10/h5-6,9-10,15,20H,1-4,7-8H2,(H,18,21). The number of benzene rings is 1. The summed E-state index contributed by atoms with van der Waals surface area (Å²) in [6.45, 7) is 2.09. The zero-order chi connectivity index (χ0) is 14.6. The maximum absolute atomic E-state index is 11.6. The molecule has 2 N–H and O–H groups in total. The summed E-state index contributed by atoms with van der Waals surface area (Å²) in [5.74, 6) is 1.20. The molecule has 5 heteroatoms. The molecule has 1 aromatic carbocycles. The minimum atomic E-state index is -1.09. The van der Waals surface area contributed by atoms with Crippen LogP contribution >= 0.6 is 11.6 Å². The number of anilines is 2. The Bertz CT molecular complexity index is 582. The fourth-order valence-electron chi connectivity index (χ4n) is 2.99. The summed E-state index contributed by atoms with van der Waals surface area (Å²) in [5.41, 5.74) is 2.28. The van der Waals surface area contributed by atoms with E-state index < -0.39 is 6.10 Å². The first-order valence-electron chi connectivity index (χ1n) is 7.69. The van der Waals surface area contributed by atoms with Gasteiger partial charge in [0.2, 0.25) is 0 Å². The number of carbonyl (C=O) groups is 1. The quantitative estimate of drug-likeness (QED) is 0.879. The summed E-state index contributed by atoms with van der Waals surface area (Å²) in [5, 5.41) is 13.2. The van der Waals surface area contributed by atoms with Gasteiger partial charge in [-0.25, -0.2) is 0 Å². The van der Waals surface area contributed by atoms with E-state index in [2.05, 4.69) is 10.2 Å². The fraction of sp³-hybridized carbons (Fsp3) is 0.562. The second-order valence-electron chi connectivity index (χ2n) is 6.57. The van der Waals surface area contributed by atoms with Gasteiger partial charge in [-0.15, -0.1) is 0 Å². The van der Waals surface area contributed by atoms with Crippen molar-refractivity contribution in [2.24, 2.45) is 11.8 Å². The molecule has 2 aliphatic carbocycles. The van der Waals surface area contributed by atoms with Gasteiger partial charge in [-0.1, -0.05) is 11.6 Å². The van der Waals surface area contributed by atoms with Gasteiger partial charge in [-0.05, 0) is 49.7 Å². The summed E-state index contributed by atoms with van der Waals surface area (Å²) >= 11 is 6.43. The van der Waals surface area contributed by atoms with Crippen molar-refractivity contribution in [2.45, 2.75) is 31.8 Å². The molecule has 0 bridgehead atoms. The monoisotopic (exact) mass is 306 g/mol. The number of aliphatic hydroxyl groups excluding tert-OH is 1. The smallest absolute Gasteiger partial charge is 0.257 e. The summed E-state index contributed by atoms with van der Waals surface area (Å²) in [6.07, 6.45) is 4.13. The molecule has 21 heavy (non-hydrogen) atoms. The first-order valence-corrected chi connectivity index (χ1v) is 8.07. The van der Waals surface area contributed by atoms with Gasteiger partial charge in [0, 0.05) is 24.3 Å². The number of nitrogens with one attached hydrogen (secondary N) is 1. The molecule has 112 valence electrons. The highest BCUT2D eigenvalue weighted by molar-refractivity contribution is 6.33. The van der Waals surface area contributed by atoms with Gasteiger partial charge in [-0.2, -0.15) is 0 Å². The number of carbonyl (C=O) groups excluding carboxylic acids is 1. The van der Waals surface area contributed by atoms with E-state index in [0.29, 0.717) is 16.3 Å². The number of nitrogens with zero attached hydrogens (tertiary/aromatic N) is 1. The molecule has 1 amide bonds. The van der Waals surface area contributed by atoms with Crippen molar-refractivity contribution in [2.75, 3.05) is 23.3 Å². The predicted molar refractivity (Wildman–Crippen MR) is 82.7 cm³/mol. The number of hydrogen-bond donors (Lipinski definition) is 2. The maximum Gasteiger partial charge on any atom is 0.257 e. The molecule has 0 spiro atoms. The van der Waals surface area contributed by atoms with Crippen LogP contribution in [0.5, 0.6) is 0 Å². The van der Waals surface area contributed by atoms with Gasteiger partial charge in [-0.3, -0.25) is 4.79 Å². The zero-order valence-corrected chi connectivity index (χ0v) is 12.6. The molecule has 0 aromatic heterocycles. The Labute approximate surface area is 129 Å². The Morgan fingerprint density at radius 1 is 1.19 bits per heavy atom. The van der Waals surface area contributed by atoms with E-state index >= 15 is 0 Å². The van der Waals surface area contributed by atoms with Crippen LogP contribution < -0.4 is 10.2 Å². The molecule has 0 radical (unpaired) electrons. The average molecular weight is 307 g/mol. The number of halogens is 1. The highest BCUT2D eigenvalue weighted by Gasteiger charge is 2.33. The minimum absolute atomic E-state index is 0.367. The second kappa shape index (κ2) is 4.89. The molecule has 2 fully saturated rings. The van der Waals surface area contributed by atoms with E-state index in [1.165, 1.54) is 25.7 Å². The lowest BCUT2D eigenvalue weighted by molar-refractivity contribution is -0.123. The van der Waals surface area contributed by atoms with Gasteiger partial charge in [0.1, 0.15) is 0 Å². The first kappa shape index (κ1) is 13.4. The molecular formula is C16H19ClN2O2. The van der Waals surface area contributed by atoms with Crippen molar-refractivity contribution >= 4 is 28.9 Å². The minimum Gasteiger partial charge on any atom is -0.378 e. The summed E-state index contributed by atoms with van der Waals surface area (Å²) in [4.78, 5) is 14.0. The lowest BCUT2D eigenvalue weighted by Crippen LogP contribution is -2.28. The molecular weight excluding hydrogens is 288 g/mol. The van der Waals surface area contributed by atoms with Crippen LogP contribution in [0.2, 0.25) is 5.02 Å². The number of amides is 1. The van der Waals surface area contributed by atoms with E-state index in [1.807, 2.05) is 6.07 Å². The largest absolute Gasteiger partial charge is 0.378 e. The van der Waals surface area contributed by atoms with Gasteiger partial charge in [0.05, 0.1) is 10.7 Å². The van der Waals surface area contributed by atoms with Gasteiger partial charge in [0.15, 0.2) is 6.10 Å². The van der Waals surface area contributed by atoms with Gasteiger partial charge < -0.3 is 15.3 Å². The van der Waals surface area contributed by atoms with Crippen molar-refractivity contribution in [3.8, 4) is 0 Å². The number of hydrogen-bond acceptors (Lipinski definition) is 3. The Morgan fingerprint density at radius 3 is 2.38 bits per heavy atom. The number of aliphatic hydroxyl groups is 1. The molecule has 3 aliphatic rings. The maximum atomic E-state index is 11.6. The third-order valence-corrected chi connectivity index (χ3v) is 4.91. The summed E-state index contributed by atoms with van der Waals surface area (Å²) < 4.78 is 0. The zero-order valence-electron chi connectivity index (χ0n) is 11.8.